The Kier molecular flexibility index (Phi) is 6.82. The number of hydrogen-bond donors (Lipinski definition) is 1. The molecule has 1 saturated heterocycles. The minimum absolute atomic E-state index is 0.0298. The van der Waals surface area contributed by atoms with Crippen molar-refractivity contribution in [2.24, 2.45) is 5.92 Å². The Morgan fingerprint density at radius 2 is 1.68 bits per heavy atom. The number of hydrogen-bond acceptors (Lipinski definition) is 3. The number of amides is 2. The highest BCUT2D eigenvalue weighted by atomic mass is 79.9. The van der Waals surface area contributed by atoms with Crippen LogP contribution < -0.4 is 5.32 Å². The first-order valence-electron chi connectivity index (χ1n) is 10.4. The number of aromatic nitrogens is 2. The van der Waals surface area contributed by atoms with Crippen molar-refractivity contribution >= 4 is 27.7 Å². The van der Waals surface area contributed by atoms with Crippen molar-refractivity contribution in [1.29, 1.82) is 0 Å². The molecule has 1 aromatic heterocycles. The summed E-state index contributed by atoms with van der Waals surface area (Å²) in [6.45, 7) is 2.51. The lowest BCUT2D eigenvalue weighted by molar-refractivity contribution is -0.126. The van der Waals surface area contributed by atoms with Crippen molar-refractivity contribution in [3.63, 3.8) is 0 Å². The lowest BCUT2D eigenvalue weighted by Crippen LogP contribution is -2.42. The minimum atomic E-state index is -0.0468. The third kappa shape index (κ3) is 5.61. The predicted molar refractivity (Wildman–Crippen MR) is 122 cm³/mol. The smallest absolute Gasteiger partial charge is 0.253 e. The first-order chi connectivity index (χ1) is 15.1. The SMILES string of the molecule is O=C(NCc1ccc(Cn2ccnc2)cc1)C1CCN(C(=O)c2ccc(Br)cc2)CC1. The van der Waals surface area contributed by atoms with Gasteiger partial charge in [0.25, 0.3) is 5.91 Å². The van der Waals surface area contributed by atoms with Gasteiger partial charge in [0.2, 0.25) is 5.91 Å². The second-order valence-corrected chi connectivity index (χ2v) is 8.76. The van der Waals surface area contributed by atoms with Crippen LogP contribution in [0.3, 0.4) is 0 Å². The van der Waals surface area contributed by atoms with Crippen molar-refractivity contribution in [1.82, 2.24) is 19.8 Å². The maximum absolute atomic E-state index is 12.6. The summed E-state index contributed by atoms with van der Waals surface area (Å²) in [7, 11) is 0. The van der Waals surface area contributed by atoms with E-state index < -0.39 is 0 Å². The number of imidazole rings is 1. The van der Waals surface area contributed by atoms with Crippen LogP contribution in [-0.2, 0) is 17.9 Å². The van der Waals surface area contributed by atoms with Gasteiger partial charge in [-0.2, -0.15) is 0 Å². The highest BCUT2D eigenvalue weighted by Crippen LogP contribution is 2.20. The van der Waals surface area contributed by atoms with Gasteiger partial charge in [-0.15, -0.1) is 0 Å². The van der Waals surface area contributed by atoms with Gasteiger partial charge in [-0.1, -0.05) is 40.2 Å². The number of halogens is 1. The first-order valence-corrected chi connectivity index (χ1v) is 11.2. The van der Waals surface area contributed by atoms with E-state index in [-0.39, 0.29) is 17.7 Å². The second-order valence-electron chi connectivity index (χ2n) is 7.84. The normalized spacial score (nSPS) is 14.4. The Balaban J connectivity index is 1.23. The molecule has 0 atom stereocenters. The van der Waals surface area contributed by atoms with E-state index in [9.17, 15) is 9.59 Å². The Morgan fingerprint density at radius 1 is 1.00 bits per heavy atom. The molecule has 0 saturated carbocycles. The molecule has 7 heteroatoms. The number of piperidine rings is 1. The van der Waals surface area contributed by atoms with Gasteiger partial charge in [0.1, 0.15) is 0 Å². The van der Waals surface area contributed by atoms with Crippen LogP contribution in [0.2, 0.25) is 0 Å². The van der Waals surface area contributed by atoms with E-state index in [0.29, 0.717) is 38.0 Å². The molecule has 6 nitrogen and oxygen atoms in total. The monoisotopic (exact) mass is 480 g/mol. The summed E-state index contributed by atoms with van der Waals surface area (Å²) in [5.74, 6) is 0.0508. The van der Waals surface area contributed by atoms with E-state index in [1.54, 1.807) is 12.5 Å². The highest BCUT2D eigenvalue weighted by molar-refractivity contribution is 9.10. The summed E-state index contributed by atoms with van der Waals surface area (Å²) < 4.78 is 2.97. The minimum Gasteiger partial charge on any atom is -0.352 e. The van der Waals surface area contributed by atoms with Gasteiger partial charge in [0, 0.05) is 54.5 Å². The fourth-order valence-electron chi connectivity index (χ4n) is 3.81. The van der Waals surface area contributed by atoms with Crippen LogP contribution in [0.1, 0.15) is 34.3 Å². The number of carbonyl (C=O) groups excluding carboxylic acids is 2. The first kappa shape index (κ1) is 21.3. The number of nitrogens with one attached hydrogen (secondary N) is 1. The van der Waals surface area contributed by atoms with Gasteiger partial charge in [-0.25, -0.2) is 4.98 Å². The van der Waals surface area contributed by atoms with Crippen molar-refractivity contribution in [2.45, 2.75) is 25.9 Å². The molecular formula is C24H25BrN4O2. The Bertz CT molecular complexity index is 1010. The summed E-state index contributed by atoms with van der Waals surface area (Å²) in [5, 5.41) is 3.05. The van der Waals surface area contributed by atoms with E-state index in [0.717, 1.165) is 16.6 Å². The zero-order valence-electron chi connectivity index (χ0n) is 17.2. The average Bonchev–Trinajstić information content (AvgIpc) is 3.32. The number of nitrogens with zero attached hydrogens (tertiary/aromatic N) is 3. The quantitative estimate of drug-likeness (QED) is 0.582. The van der Waals surface area contributed by atoms with Gasteiger partial charge < -0.3 is 14.8 Å². The zero-order valence-corrected chi connectivity index (χ0v) is 18.8. The molecule has 3 aromatic rings. The fraction of sp³-hybridized carbons (Fsp3) is 0.292. The van der Waals surface area contributed by atoms with Crippen LogP contribution in [0.5, 0.6) is 0 Å². The van der Waals surface area contributed by atoms with Gasteiger partial charge in [-0.05, 0) is 48.2 Å². The van der Waals surface area contributed by atoms with Crippen LogP contribution in [0.4, 0.5) is 0 Å². The summed E-state index contributed by atoms with van der Waals surface area (Å²) in [4.78, 5) is 31.1. The second kappa shape index (κ2) is 9.92. The molecule has 1 aliphatic rings. The average molecular weight is 481 g/mol. The van der Waals surface area contributed by atoms with E-state index in [1.807, 2.05) is 52.1 Å². The summed E-state index contributed by atoms with van der Waals surface area (Å²) in [5.41, 5.74) is 2.95. The molecule has 1 N–H and O–H groups in total. The van der Waals surface area contributed by atoms with Crippen molar-refractivity contribution in [3.8, 4) is 0 Å². The summed E-state index contributed by atoms with van der Waals surface area (Å²) >= 11 is 3.39. The van der Waals surface area contributed by atoms with E-state index in [2.05, 4.69) is 38.4 Å². The Labute approximate surface area is 190 Å². The van der Waals surface area contributed by atoms with Gasteiger partial charge in [0.05, 0.1) is 6.33 Å². The largest absolute Gasteiger partial charge is 0.352 e. The number of carbonyl (C=O) groups is 2. The molecule has 0 bridgehead atoms. The number of likely N-dealkylation sites (tertiary alicyclic amines) is 1. The standard InChI is InChI=1S/C24H25BrN4O2/c25-22-7-5-21(6-8-22)24(31)29-12-9-20(10-13-29)23(30)27-15-18-1-3-19(4-2-18)16-28-14-11-26-17-28/h1-8,11,14,17,20H,9-10,12-13,15-16H2,(H,27,30). The van der Waals surface area contributed by atoms with Crippen LogP contribution >= 0.6 is 15.9 Å². The number of rotatable bonds is 6. The highest BCUT2D eigenvalue weighted by Gasteiger charge is 2.27. The van der Waals surface area contributed by atoms with E-state index in [4.69, 9.17) is 0 Å². The third-order valence-electron chi connectivity index (χ3n) is 5.66. The van der Waals surface area contributed by atoms with Gasteiger partial charge in [-0.3, -0.25) is 9.59 Å². The maximum atomic E-state index is 12.6. The number of benzene rings is 2. The molecule has 0 unspecified atom stereocenters. The molecule has 0 spiro atoms. The molecule has 1 fully saturated rings. The van der Waals surface area contributed by atoms with Crippen molar-refractivity contribution < 1.29 is 9.59 Å². The third-order valence-corrected chi connectivity index (χ3v) is 6.19. The lowest BCUT2D eigenvalue weighted by atomic mass is 9.95. The maximum Gasteiger partial charge on any atom is 0.253 e. The van der Waals surface area contributed by atoms with Gasteiger partial charge in [0.15, 0.2) is 0 Å². The molecule has 1 aliphatic heterocycles. The van der Waals surface area contributed by atoms with Crippen LogP contribution in [-0.4, -0.2) is 39.4 Å². The molecule has 2 amide bonds. The lowest BCUT2D eigenvalue weighted by Gasteiger charge is -2.31. The Morgan fingerprint density at radius 3 is 2.32 bits per heavy atom. The topological polar surface area (TPSA) is 67.2 Å². The van der Waals surface area contributed by atoms with Crippen molar-refractivity contribution in [2.75, 3.05) is 13.1 Å². The molecule has 0 aliphatic carbocycles. The molecule has 31 heavy (non-hydrogen) atoms. The van der Waals surface area contributed by atoms with E-state index in [1.165, 1.54) is 5.56 Å². The van der Waals surface area contributed by atoms with Crippen molar-refractivity contribution in [3.05, 3.63) is 88.4 Å². The zero-order chi connectivity index (χ0) is 21.6. The van der Waals surface area contributed by atoms with Crippen LogP contribution in [0.15, 0.2) is 71.7 Å². The molecule has 2 heterocycles. The molecule has 2 aromatic carbocycles. The fourth-order valence-corrected chi connectivity index (χ4v) is 4.07. The van der Waals surface area contributed by atoms with Gasteiger partial charge >= 0.3 is 0 Å². The molecule has 0 radical (unpaired) electrons. The summed E-state index contributed by atoms with van der Waals surface area (Å²) in [6, 6.07) is 15.6. The summed E-state index contributed by atoms with van der Waals surface area (Å²) in [6.07, 6.45) is 6.89. The van der Waals surface area contributed by atoms with Crippen LogP contribution in [0.25, 0.3) is 0 Å². The van der Waals surface area contributed by atoms with Crippen LogP contribution in [0, 0.1) is 5.92 Å². The molecule has 4 rings (SSSR count). The van der Waals surface area contributed by atoms with E-state index >= 15 is 0 Å². The molecular weight excluding hydrogens is 456 g/mol. The Hall–Kier alpha value is -2.93. The molecule has 160 valence electrons. The predicted octanol–water partition coefficient (Wildman–Crippen LogP) is 3.86.